The molecule has 0 aliphatic heterocycles. The van der Waals surface area contributed by atoms with E-state index in [0.29, 0.717) is 12.5 Å². The number of hydrogen-bond donors (Lipinski definition) is 2. The van der Waals surface area contributed by atoms with E-state index in [2.05, 4.69) is 24.7 Å². The van der Waals surface area contributed by atoms with E-state index in [1.807, 2.05) is 6.92 Å². The van der Waals surface area contributed by atoms with E-state index in [-0.39, 0.29) is 6.04 Å². The predicted octanol–water partition coefficient (Wildman–Crippen LogP) is 2.06. The van der Waals surface area contributed by atoms with Crippen LogP contribution >= 0.6 is 0 Å². The summed E-state index contributed by atoms with van der Waals surface area (Å²) in [6.45, 7) is 8.54. The average molecular weight is 202 g/mol. The number of amides is 1. The molecule has 0 heterocycles. The second-order valence-corrected chi connectivity index (χ2v) is 3.54. The Bertz CT molecular complexity index is 162. The summed E-state index contributed by atoms with van der Waals surface area (Å²) in [6, 6.07) is 0.263. The number of hydrogen-bond acceptors (Lipinski definition) is 3. The third-order valence-corrected chi connectivity index (χ3v) is 2.27. The summed E-state index contributed by atoms with van der Waals surface area (Å²) in [5.74, 6) is 0.543. The molecule has 84 valence electrons. The maximum atomic E-state index is 10.9. The zero-order valence-electron chi connectivity index (χ0n) is 9.59. The maximum absolute atomic E-state index is 10.9. The number of rotatable bonds is 6. The molecular weight excluding hydrogens is 180 g/mol. The fraction of sp³-hybridized carbons (Fsp3) is 0.900. The van der Waals surface area contributed by atoms with Gasteiger partial charge < -0.3 is 4.74 Å². The van der Waals surface area contributed by atoms with Crippen LogP contribution in [0.3, 0.4) is 0 Å². The van der Waals surface area contributed by atoms with Gasteiger partial charge in [0.1, 0.15) is 0 Å². The summed E-state index contributed by atoms with van der Waals surface area (Å²) in [6.07, 6.45) is 1.90. The van der Waals surface area contributed by atoms with Crippen molar-refractivity contribution < 1.29 is 9.53 Å². The smallest absolute Gasteiger partial charge is 0.421 e. The lowest BCUT2D eigenvalue weighted by atomic mass is 9.99. The van der Waals surface area contributed by atoms with Gasteiger partial charge in [-0.15, -0.1) is 0 Å². The minimum Gasteiger partial charge on any atom is -0.449 e. The normalized spacial score (nSPS) is 14.6. The van der Waals surface area contributed by atoms with Gasteiger partial charge in [0, 0.05) is 6.04 Å². The molecule has 0 radical (unpaired) electrons. The number of carbonyl (C=O) groups excluding carboxylic acids is 1. The van der Waals surface area contributed by atoms with Crippen molar-refractivity contribution in [3.8, 4) is 0 Å². The summed E-state index contributed by atoms with van der Waals surface area (Å²) in [7, 11) is 0. The van der Waals surface area contributed by atoms with Crippen molar-refractivity contribution in [2.75, 3.05) is 6.61 Å². The van der Waals surface area contributed by atoms with E-state index in [1.54, 1.807) is 6.92 Å². The van der Waals surface area contributed by atoms with Crippen LogP contribution in [0.4, 0.5) is 4.79 Å². The van der Waals surface area contributed by atoms with Crippen molar-refractivity contribution in [1.29, 1.82) is 0 Å². The van der Waals surface area contributed by atoms with E-state index in [9.17, 15) is 4.79 Å². The molecule has 0 unspecified atom stereocenters. The molecule has 0 aromatic heterocycles. The van der Waals surface area contributed by atoms with E-state index < -0.39 is 6.09 Å². The standard InChI is InChI=1S/C10H22N2O2/c1-5-7-8(3)9(4)11-12-10(13)14-6-2/h8-9,11H,5-7H2,1-4H3,(H,12,13)/t8-,9+/m0/s1. The first-order valence-electron chi connectivity index (χ1n) is 5.30. The highest BCUT2D eigenvalue weighted by atomic mass is 16.5. The van der Waals surface area contributed by atoms with Gasteiger partial charge in [-0.05, 0) is 26.2 Å². The minimum absolute atomic E-state index is 0.263. The molecule has 0 aliphatic rings. The fourth-order valence-corrected chi connectivity index (χ4v) is 1.19. The Morgan fingerprint density at radius 1 is 1.36 bits per heavy atom. The Hall–Kier alpha value is -0.770. The van der Waals surface area contributed by atoms with Gasteiger partial charge in [-0.25, -0.2) is 10.2 Å². The fourth-order valence-electron chi connectivity index (χ4n) is 1.19. The van der Waals surface area contributed by atoms with Crippen LogP contribution in [0.5, 0.6) is 0 Å². The Balaban J connectivity index is 3.61. The number of hydrazine groups is 1. The molecule has 4 heteroatoms. The molecule has 0 bridgehead atoms. The molecule has 0 fully saturated rings. The van der Waals surface area contributed by atoms with E-state index in [1.165, 1.54) is 0 Å². The second kappa shape index (κ2) is 7.62. The van der Waals surface area contributed by atoms with Crippen LogP contribution in [0, 0.1) is 5.92 Å². The summed E-state index contributed by atoms with van der Waals surface area (Å²) in [5, 5.41) is 0. The molecule has 4 nitrogen and oxygen atoms in total. The van der Waals surface area contributed by atoms with Gasteiger partial charge in [-0.1, -0.05) is 20.3 Å². The monoisotopic (exact) mass is 202 g/mol. The third-order valence-electron chi connectivity index (χ3n) is 2.27. The van der Waals surface area contributed by atoms with Crippen LogP contribution in [0.25, 0.3) is 0 Å². The van der Waals surface area contributed by atoms with Crippen LogP contribution in [0.1, 0.15) is 40.5 Å². The van der Waals surface area contributed by atoms with Crippen molar-refractivity contribution in [3.05, 3.63) is 0 Å². The topological polar surface area (TPSA) is 50.4 Å². The SMILES string of the molecule is CCC[C@H](C)[C@@H](C)NNC(=O)OCC. The Morgan fingerprint density at radius 2 is 2.00 bits per heavy atom. The zero-order chi connectivity index (χ0) is 11.0. The van der Waals surface area contributed by atoms with Gasteiger partial charge in [-0.3, -0.25) is 5.43 Å². The lowest BCUT2D eigenvalue weighted by Gasteiger charge is -2.20. The van der Waals surface area contributed by atoms with Gasteiger partial charge >= 0.3 is 6.09 Å². The molecule has 0 saturated carbocycles. The summed E-state index contributed by atoms with van der Waals surface area (Å²) in [4.78, 5) is 10.9. The van der Waals surface area contributed by atoms with Crippen LogP contribution in [-0.2, 0) is 4.74 Å². The van der Waals surface area contributed by atoms with Crippen molar-refractivity contribution >= 4 is 6.09 Å². The number of carbonyl (C=O) groups is 1. The molecule has 14 heavy (non-hydrogen) atoms. The minimum atomic E-state index is -0.414. The van der Waals surface area contributed by atoms with Crippen LogP contribution in [0.15, 0.2) is 0 Å². The van der Waals surface area contributed by atoms with Gasteiger partial charge in [0.2, 0.25) is 0 Å². The van der Waals surface area contributed by atoms with Crippen molar-refractivity contribution in [3.63, 3.8) is 0 Å². The van der Waals surface area contributed by atoms with E-state index in [4.69, 9.17) is 4.74 Å². The second-order valence-electron chi connectivity index (χ2n) is 3.54. The zero-order valence-corrected chi connectivity index (χ0v) is 9.59. The van der Waals surface area contributed by atoms with Crippen LogP contribution in [0.2, 0.25) is 0 Å². The molecule has 2 N–H and O–H groups in total. The first-order chi connectivity index (χ1) is 6.61. The molecule has 0 aliphatic carbocycles. The number of ether oxygens (including phenoxy) is 1. The molecule has 0 aromatic rings. The van der Waals surface area contributed by atoms with Crippen LogP contribution in [-0.4, -0.2) is 18.7 Å². The van der Waals surface area contributed by atoms with Crippen molar-refractivity contribution in [2.45, 2.75) is 46.6 Å². The quantitative estimate of drug-likeness (QED) is 0.648. The molecule has 2 atom stereocenters. The summed E-state index contributed by atoms with van der Waals surface area (Å²) < 4.78 is 4.72. The maximum Gasteiger partial charge on any atom is 0.421 e. The Kier molecular flexibility index (Phi) is 7.20. The van der Waals surface area contributed by atoms with Gasteiger partial charge in [-0.2, -0.15) is 0 Å². The third kappa shape index (κ3) is 5.80. The van der Waals surface area contributed by atoms with Crippen molar-refractivity contribution in [2.24, 2.45) is 5.92 Å². The molecular formula is C10H22N2O2. The lowest BCUT2D eigenvalue weighted by Crippen LogP contribution is -2.45. The molecule has 0 aromatic carbocycles. The molecule has 0 rings (SSSR count). The largest absolute Gasteiger partial charge is 0.449 e. The summed E-state index contributed by atoms with van der Waals surface area (Å²) in [5.41, 5.74) is 5.44. The average Bonchev–Trinajstić information content (AvgIpc) is 2.15. The van der Waals surface area contributed by atoms with Crippen LogP contribution < -0.4 is 10.9 Å². The van der Waals surface area contributed by atoms with E-state index in [0.717, 1.165) is 12.8 Å². The Labute approximate surface area is 86.4 Å². The molecule has 0 saturated heterocycles. The molecule has 1 amide bonds. The highest BCUT2D eigenvalue weighted by Gasteiger charge is 2.11. The summed E-state index contributed by atoms with van der Waals surface area (Å²) >= 11 is 0. The van der Waals surface area contributed by atoms with Gasteiger partial charge in [0.15, 0.2) is 0 Å². The van der Waals surface area contributed by atoms with E-state index >= 15 is 0 Å². The molecule has 0 spiro atoms. The first kappa shape index (κ1) is 13.2. The van der Waals surface area contributed by atoms with Gasteiger partial charge in [0.05, 0.1) is 6.61 Å². The lowest BCUT2D eigenvalue weighted by molar-refractivity contribution is 0.143. The highest BCUT2D eigenvalue weighted by molar-refractivity contribution is 5.66. The highest BCUT2D eigenvalue weighted by Crippen LogP contribution is 2.08. The van der Waals surface area contributed by atoms with Gasteiger partial charge in [0.25, 0.3) is 0 Å². The van der Waals surface area contributed by atoms with Crippen molar-refractivity contribution in [1.82, 2.24) is 10.9 Å². The Morgan fingerprint density at radius 3 is 2.50 bits per heavy atom. The predicted molar refractivity (Wildman–Crippen MR) is 56.8 cm³/mol. The first-order valence-corrected chi connectivity index (χ1v) is 5.30. The number of nitrogens with one attached hydrogen (secondary N) is 2.